The first kappa shape index (κ1) is 26.2. The van der Waals surface area contributed by atoms with Crippen LogP contribution in [0.25, 0.3) is 10.9 Å². The highest BCUT2D eigenvalue weighted by Gasteiger charge is 2.27. The number of aromatic nitrogens is 1. The Morgan fingerprint density at radius 1 is 1.12 bits per heavy atom. The van der Waals surface area contributed by atoms with Crippen molar-refractivity contribution in [2.24, 2.45) is 5.73 Å². The van der Waals surface area contributed by atoms with Gasteiger partial charge in [-0.15, -0.1) is 0 Å². The summed E-state index contributed by atoms with van der Waals surface area (Å²) in [7, 11) is 0. The average molecular weight is 480 g/mol. The van der Waals surface area contributed by atoms with Crippen LogP contribution in [0, 0.1) is 0 Å². The zero-order valence-electron chi connectivity index (χ0n) is 18.2. The van der Waals surface area contributed by atoms with Gasteiger partial charge in [-0.1, -0.05) is 18.2 Å². The van der Waals surface area contributed by atoms with E-state index < -0.39 is 55.0 Å². The molecular formula is C21H29N5O6S. The van der Waals surface area contributed by atoms with Gasteiger partial charge in [0.2, 0.25) is 17.7 Å². The number of nitrogens with one attached hydrogen (secondary N) is 4. The summed E-state index contributed by atoms with van der Waals surface area (Å²) in [4.78, 5) is 51.3. The molecule has 0 spiro atoms. The van der Waals surface area contributed by atoms with Crippen LogP contribution in [0.3, 0.4) is 0 Å². The zero-order valence-corrected chi connectivity index (χ0v) is 19.0. The van der Waals surface area contributed by atoms with Crippen molar-refractivity contribution in [3.05, 3.63) is 36.0 Å². The van der Waals surface area contributed by atoms with Crippen LogP contribution in [0.1, 0.15) is 12.0 Å². The van der Waals surface area contributed by atoms with Crippen molar-refractivity contribution in [3.63, 3.8) is 0 Å². The standard InChI is InChI=1S/C21H29N5O6S/c1-33-7-6-14(22)19(29)24-10-18(28)25-17(11-27)20(30)26-16(21(31)32)8-12-9-23-15-5-3-2-4-13(12)15/h2-5,9,14,16-17,23,27H,6-8,10-11,22H2,1H3,(H,24,29)(H,25,28)(H,26,30)(H,31,32). The van der Waals surface area contributed by atoms with E-state index in [-0.39, 0.29) is 6.42 Å². The Labute approximate surface area is 194 Å². The third-order valence-electron chi connectivity index (χ3n) is 4.94. The Morgan fingerprint density at radius 3 is 2.52 bits per heavy atom. The fourth-order valence-electron chi connectivity index (χ4n) is 3.11. The Kier molecular flexibility index (Phi) is 10.2. The largest absolute Gasteiger partial charge is 0.480 e. The van der Waals surface area contributed by atoms with Crippen LogP contribution in [0.5, 0.6) is 0 Å². The highest BCUT2D eigenvalue weighted by atomic mass is 32.2. The molecule has 1 aromatic heterocycles. The first-order valence-electron chi connectivity index (χ1n) is 10.3. The van der Waals surface area contributed by atoms with Crippen LogP contribution in [-0.4, -0.2) is 82.2 Å². The van der Waals surface area contributed by atoms with E-state index in [1.54, 1.807) is 6.20 Å². The van der Waals surface area contributed by atoms with Crippen molar-refractivity contribution in [3.8, 4) is 0 Å². The molecule has 1 aromatic carbocycles. The molecule has 2 rings (SSSR count). The predicted octanol–water partition coefficient (Wildman–Crippen LogP) is -1.05. The summed E-state index contributed by atoms with van der Waals surface area (Å²) in [5.41, 5.74) is 7.25. The SMILES string of the molecule is CSCCC(N)C(=O)NCC(=O)NC(CO)C(=O)NC(Cc1c[nH]c2ccccc12)C(=O)O. The van der Waals surface area contributed by atoms with Crippen molar-refractivity contribution >= 4 is 46.4 Å². The maximum Gasteiger partial charge on any atom is 0.326 e. The number of aliphatic hydroxyl groups excluding tert-OH is 1. The number of carbonyl (C=O) groups excluding carboxylic acids is 3. The number of amides is 3. The van der Waals surface area contributed by atoms with Gasteiger partial charge in [-0.3, -0.25) is 14.4 Å². The molecule has 3 unspecified atom stereocenters. The number of aromatic amines is 1. The van der Waals surface area contributed by atoms with Gasteiger partial charge in [-0.05, 0) is 30.1 Å². The normalized spacial score (nSPS) is 13.7. The van der Waals surface area contributed by atoms with Crippen molar-refractivity contribution in [1.29, 1.82) is 0 Å². The number of carboxylic acids is 1. The molecule has 8 N–H and O–H groups in total. The van der Waals surface area contributed by atoms with E-state index in [9.17, 15) is 29.4 Å². The van der Waals surface area contributed by atoms with Gasteiger partial charge in [0.1, 0.15) is 12.1 Å². The van der Waals surface area contributed by atoms with E-state index in [2.05, 4.69) is 20.9 Å². The minimum atomic E-state index is -1.38. The third kappa shape index (κ3) is 7.77. The highest BCUT2D eigenvalue weighted by molar-refractivity contribution is 7.98. The quantitative estimate of drug-likeness (QED) is 0.190. The number of aliphatic hydroxyl groups is 1. The number of H-pyrrole nitrogens is 1. The number of nitrogens with two attached hydrogens (primary N) is 1. The van der Waals surface area contributed by atoms with E-state index in [1.807, 2.05) is 30.5 Å². The molecule has 0 aliphatic rings. The number of benzene rings is 1. The Balaban J connectivity index is 1.92. The molecule has 0 bridgehead atoms. The molecule has 2 aromatic rings. The van der Waals surface area contributed by atoms with Crippen LogP contribution in [0.15, 0.2) is 30.5 Å². The highest BCUT2D eigenvalue weighted by Crippen LogP contribution is 2.19. The van der Waals surface area contributed by atoms with Crippen molar-refractivity contribution in [1.82, 2.24) is 20.9 Å². The van der Waals surface area contributed by atoms with Crippen LogP contribution in [0.4, 0.5) is 0 Å². The van der Waals surface area contributed by atoms with Gasteiger partial charge in [0.05, 0.1) is 19.2 Å². The van der Waals surface area contributed by atoms with Gasteiger partial charge in [0.25, 0.3) is 0 Å². The fourth-order valence-corrected chi connectivity index (χ4v) is 3.60. The molecule has 3 atom stereocenters. The lowest BCUT2D eigenvalue weighted by Gasteiger charge is -2.20. The summed E-state index contributed by atoms with van der Waals surface area (Å²) < 4.78 is 0. The summed E-state index contributed by atoms with van der Waals surface area (Å²) in [6, 6.07) is 3.91. The lowest BCUT2D eigenvalue weighted by molar-refractivity contribution is -0.142. The molecule has 3 amide bonds. The maximum absolute atomic E-state index is 12.5. The summed E-state index contributed by atoms with van der Waals surface area (Å²) in [6.45, 7) is -1.19. The van der Waals surface area contributed by atoms with Crippen molar-refractivity contribution in [2.75, 3.05) is 25.2 Å². The molecule has 0 aliphatic heterocycles. The second-order valence-corrected chi connectivity index (χ2v) is 8.36. The van der Waals surface area contributed by atoms with Gasteiger partial charge in [0.15, 0.2) is 0 Å². The van der Waals surface area contributed by atoms with Gasteiger partial charge in [0, 0.05) is 23.5 Å². The molecule has 0 fully saturated rings. The molecule has 0 aliphatic carbocycles. The molecular weight excluding hydrogens is 450 g/mol. The molecule has 180 valence electrons. The Morgan fingerprint density at radius 2 is 1.85 bits per heavy atom. The molecule has 0 saturated heterocycles. The summed E-state index contributed by atoms with van der Waals surface area (Å²) >= 11 is 1.54. The minimum Gasteiger partial charge on any atom is -0.480 e. The van der Waals surface area contributed by atoms with E-state index in [4.69, 9.17) is 5.73 Å². The molecule has 1 heterocycles. The van der Waals surface area contributed by atoms with Gasteiger partial charge >= 0.3 is 5.97 Å². The third-order valence-corrected chi connectivity index (χ3v) is 5.58. The molecule has 0 saturated carbocycles. The lowest BCUT2D eigenvalue weighted by atomic mass is 10.0. The van der Waals surface area contributed by atoms with E-state index in [1.165, 1.54) is 11.8 Å². The topological polar surface area (TPSA) is 187 Å². The van der Waals surface area contributed by atoms with Gasteiger partial charge in [-0.2, -0.15) is 11.8 Å². The number of hydrogen-bond donors (Lipinski definition) is 7. The molecule has 0 radical (unpaired) electrons. The van der Waals surface area contributed by atoms with Crippen LogP contribution in [0.2, 0.25) is 0 Å². The molecule has 33 heavy (non-hydrogen) atoms. The Bertz CT molecular complexity index is 981. The first-order chi connectivity index (χ1) is 15.8. The Hall–Kier alpha value is -3.09. The molecule has 11 nitrogen and oxygen atoms in total. The number of carbonyl (C=O) groups is 4. The van der Waals surface area contributed by atoms with Crippen LogP contribution >= 0.6 is 11.8 Å². The summed E-state index contributed by atoms with van der Waals surface area (Å²) in [6.07, 6.45) is 4.00. The number of para-hydroxylation sites is 1. The van der Waals surface area contributed by atoms with Crippen molar-refractivity contribution in [2.45, 2.75) is 31.0 Å². The number of fused-ring (bicyclic) bond motifs is 1. The number of aliphatic carboxylic acids is 1. The summed E-state index contributed by atoms with van der Waals surface area (Å²) in [5, 5.41) is 26.9. The van der Waals surface area contributed by atoms with Gasteiger partial charge in [-0.25, -0.2) is 4.79 Å². The van der Waals surface area contributed by atoms with Crippen LogP contribution < -0.4 is 21.7 Å². The van der Waals surface area contributed by atoms with E-state index in [0.717, 1.165) is 10.9 Å². The van der Waals surface area contributed by atoms with Crippen molar-refractivity contribution < 1.29 is 29.4 Å². The number of rotatable bonds is 13. The first-order valence-corrected chi connectivity index (χ1v) is 11.7. The summed E-state index contributed by atoms with van der Waals surface area (Å²) in [5.74, 6) is -2.66. The zero-order chi connectivity index (χ0) is 24.4. The smallest absolute Gasteiger partial charge is 0.326 e. The monoisotopic (exact) mass is 479 g/mol. The number of hydrogen-bond acceptors (Lipinski definition) is 7. The second-order valence-electron chi connectivity index (χ2n) is 7.37. The fraction of sp³-hybridized carbons (Fsp3) is 0.429. The molecule has 12 heteroatoms. The lowest BCUT2D eigenvalue weighted by Crippen LogP contribution is -2.55. The van der Waals surface area contributed by atoms with Gasteiger partial charge < -0.3 is 36.9 Å². The number of carboxylic acid groups (broad SMARTS) is 1. The van der Waals surface area contributed by atoms with E-state index in [0.29, 0.717) is 17.7 Å². The minimum absolute atomic E-state index is 0.00116. The van der Waals surface area contributed by atoms with E-state index >= 15 is 0 Å². The average Bonchev–Trinajstić information content (AvgIpc) is 3.21. The second kappa shape index (κ2) is 12.8. The van der Waals surface area contributed by atoms with Crippen LogP contribution in [-0.2, 0) is 25.6 Å². The predicted molar refractivity (Wildman–Crippen MR) is 125 cm³/mol. The number of thioether (sulfide) groups is 1. The maximum atomic E-state index is 12.5.